The van der Waals surface area contributed by atoms with Gasteiger partial charge in [-0.2, -0.15) is 0 Å². The number of cyclic esters (lactones) is 1. The third-order valence-corrected chi connectivity index (χ3v) is 5.55. The Bertz CT molecular complexity index is 758. The number of aromatic nitrogens is 2. The zero-order chi connectivity index (χ0) is 18.6. The minimum atomic E-state index is -0.340. The summed E-state index contributed by atoms with van der Waals surface area (Å²) in [6.45, 7) is 2.68. The summed E-state index contributed by atoms with van der Waals surface area (Å²) in [6.07, 6.45) is 7.31. The maximum Gasteiger partial charge on any atom is 0.415 e. The van der Waals surface area contributed by atoms with Crippen molar-refractivity contribution in [2.45, 2.75) is 31.7 Å². The van der Waals surface area contributed by atoms with E-state index in [1.807, 2.05) is 24.4 Å². The van der Waals surface area contributed by atoms with Crippen molar-refractivity contribution in [3.05, 3.63) is 54.0 Å². The molecule has 4 rings (SSSR count). The predicted molar refractivity (Wildman–Crippen MR) is 104 cm³/mol. The molecule has 0 bridgehead atoms. The summed E-state index contributed by atoms with van der Waals surface area (Å²) in [7, 11) is 2.17. The van der Waals surface area contributed by atoms with Crippen LogP contribution in [0.25, 0.3) is 0 Å². The van der Waals surface area contributed by atoms with Crippen LogP contribution in [0, 0.1) is 5.92 Å². The van der Waals surface area contributed by atoms with Crippen LogP contribution in [-0.4, -0.2) is 53.7 Å². The fourth-order valence-corrected chi connectivity index (χ4v) is 3.92. The number of hydrogen-bond donors (Lipinski definition) is 0. The van der Waals surface area contributed by atoms with Gasteiger partial charge in [0, 0.05) is 0 Å². The second-order valence-corrected chi connectivity index (χ2v) is 7.61. The Morgan fingerprint density at radius 2 is 1.85 bits per heavy atom. The highest BCUT2D eigenvalue weighted by Crippen LogP contribution is 2.24. The lowest BCUT2D eigenvalue weighted by molar-refractivity contribution is 0.178. The van der Waals surface area contributed by atoms with E-state index in [-0.39, 0.29) is 12.1 Å². The van der Waals surface area contributed by atoms with Crippen LogP contribution in [0.1, 0.15) is 24.1 Å². The van der Waals surface area contributed by atoms with Crippen LogP contribution in [0.3, 0.4) is 0 Å². The largest absolute Gasteiger partial charge is 0.447 e. The number of rotatable bonds is 5. The molecular weight excluding hydrogens is 340 g/mol. The smallest absolute Gasteiger partial charge is 0.415 e. The highest BCUT2D eigenvalue weighted by Gasteiger charge is 2.35. The Hall–Kier alpha value is -2.47. The maximum atomic E-state index is 12.2. The molecule has 2 fully saturated rings. The zero-order valence-electron chi connectivity index (χ0n) is 15.8. The molecule has 2 aromatic rings. The number of carbonyl (C=O) groups is 1. The van der Waals surface area contributed by atoms with E-state index in [0.717, 1.165) is 31.6 Å². The van der Waals surface area contributed by atoms with Crippen molar-refractivity contribution in [1.29, 1.82) is 0 Å². The summed E-state index contributed by atoms with van der Waals surface area (Å²) in [5.41, 5.74) is 2.18. The molecule has 1 atom stereocenters. The topological polar surface area (TPSA) is 58.6 Å². The van der Waals surface area contributed by atoms with Crippen LogP contribution in [0.15, 0.2) is 42.7 Å². The molecule has 2 aliphatic rings. The Labute approximate surface area is 160 Å². The van der Waals surface area contributed by atoms with Crippen molar-refractivity contribution in [2.24, 2.45) is 5.92 Å². The van der Waals surface area contributed by atoms with E-state index in [0.29, 0.717) is 18.3 Å². The van der Waals surface area contributed by atoms with E-state index >= 15 is 0 Å². The van der Waals surface area contributed by atoms with Gasteiger partial charge in [-0.1, -0.05) is 30.3 Å². The van der Waals surface area contributed by atoms with Crippen LogP contribution in [-0.2, 0) is 17.6 Å². The minimum absolute atomic E-state index is 0.0473. The van der Waals surface area contributed by atoms with Gasteiger partial charge in [-0.05, 0) is 57.3 Å². The van der Waals surface area contributed by atoms with Crippen molar-refractivity contribution >= 4 is 11.9 Å². The molecule has 0 aliphatic carbocycles. The first kappa shape index (κ1) is 17.9. The van der Waals surface area contributed by atoms with E-state index < -0.39 is 0 Å². The van der Waals surface area contributed by atoms with Crippen molar-refractivity contribution in [3.63, 3.8) is 0 Å². The zero-order valence-corrected chi connectivity index (χ0v) is 15.8. The standard InChI is InChI=1S/C21H26N4O2/c1-24-9-7-17(8-10-24)11-18-13-23-20(14-22-18)25-19(15-27-21(25)26)12-16-5-3-2-4-6-16/h2-6,13-14,17,19H,7-12,15H2,1H3. The molecule has 2 saturated heterocycles. The van der Waals surface area contributed by atoms with Gasteiger partial charge in [0.2, 0.25) is 0 Å². The SMILES string of the molecule is CN1CCC(Cc2cnc(N3C(=O)OCC3Cc3ccccc3)cn2)CC1. The van der Waals surface area contributed by atoms with Gasteiger partial charge in [-0.25, -0.2) is 9.78 Å². The third-order valence-electron chi connectivity index (χ3n) is 5.55. The second kappa shape index (κ2) is 8.05. The maximum absolute atomic E-state index is 12.2. The lowest BCUT2D eigenvalue weighted by Crippen LogP contribution is -2.35. The Kier molecular flexibility index (Phi) is 5.34. The predicted octanol–water partition coefficient (Wildman–Crippen LogP) is 2.93. The molecule has 0 N–H and O–H groups in total. The van der Waals surface area contributed by atoms with Crippen molar-refractivity contribution in [3.8, 4) is 0 Å². The first-order chi connectivity index (χ1) is 13.2. The average molecular weight is 366 g/mol. The molecule has 6 heteroatoms. The molecule has 1 unspecified atom stereocenters. The van der Waals surface area contributed by atoms with E-state index in [2.05, 4.69) is 34.0 Å². The number of hydrogen-bond acceptors (Lipinski definition) is 5. The van der Waals surface area contributed by atoms with E-state index in [1.165, 1.54) is 18.4 Å². The fourth-order valence-electron chi connectivity index (χ4n) is 3.92. The molecule has 27 heavy (non-hydrogen) atoms. The van der Waals surface area contributed by atoms with Gasteiger partial charge in [-0.3, -0.25) is 9.88 Å². The van der Waals surface area contributed by atoms with Gasteiger partial charge in [0.1, 0.15) is 6.61 Å². The van der Waals surface area contributed by atoms with Crippen LogP contribution in [0.2, 0.25) is 0 Å². The van der Waals surface area contributed by atoms with E-state index in [4.69, 9.17) is 4.74 Å². The molecule has 142 valence electrons. The number of amides is 1. The van der Waals surface area contributed by atoms with Gasteiger partial charge >= 0.3 is 6.09 Å². The lowest BCUT2D eigenvalue weighted by Gasteiger charge is -2.28. The van der Waals surface area contributed by atoms with Crippen molar-refractivity contribution in [2.75, 3.05) is 31.6 Å². The molecule has 0 spiro atoms. The molecule has 0 radical (unpaired) electrons. The van der Waals surface area contributed by atoms with Gasteiger partial charge < -0.3 is 9.64 Å². The number of nitrogens with zero attached hydrogens (tertiary/aromatic N) is 4. The lowest BCUT2D eigenvalue weighted by atomic mass is 9.92. The normalized spacial score (nSPS) is 21.4. The Morgan fingerprint density at radius 3 is 2.56 bits per heavy atom. The van der Waals surface area contributed by atoms with Gasteiger partial charge in [0.25, 0.3) is 0 Å². The van der Waals surface area contributed by atoms with Gasteiger partial charge in [-0.15, -0.1) is 0 Å². The summed E-state index contributed by atoms with van der Waals surface area (Å²) >= 11 is 0. The first-order valence-electron chi connectivity index (χ1n) is 9.68. The molecule has 1 aromatic carbocycles. The number of carbonyl (C=O) groups excluding carboxylic acids is 1. The van der Waals surface area contributed by atoms with E-state index in [1.54, 1.807) is 11.1 Å². The molecule has 1 amide bonds. The molecule has 6 nitrogen and oxygen atoms in total. The molecule has 2 aliphatic heterocycles. The molecular formula is C21H26N4O2. The molecule has 1 aromatic heterocycles. The quantitative estimate of drug-likeness (QED) is 0.814. The fraction of sp³-hybridized carbons (Fsp3) is 0.476. The summed E-state index contributed by atoms with van der Waals surface area (Å²) < 4.78 is 5.28. The number of benzene rings is 1. The summed E-state index contributed by atoms with van der Waals surface area (Å²) in [6, 6.07) is 10.1. The number of anilines is 1. The van der Waals surface area contributed by atoms with Crippen molar-refractivity contribution < 1.29 is 9.53 Å². The van der Waals surface area contributed by atoms with Gasteiger partial charge in [0.15, 0.2) is 5.82 Å². The van der Waals surface area contributed by atoms with Crippen LogP contribution in [0.4, 0.5) is 10.6 Å². The monoisotopic (exact) mass is 366 g/mol. The Balaban J connectivity index is 1.42. The Morgan fingerprint density at radius 1 is 1.07 bits per heavy atom. The number of ether oxygens (including phenoxy) is 1. The average Bonchev–Trinajstić information content (AvgIpc) is 3.05. The number of piperidine rings is 1. The van der Waals surface area contributed by atoms with Crippen LogP contribution in [0.5, 0.6) is 0 Å². The molecule has 3 heterocycles. The summed E-state index contributed by atoms with van der Waals surface area (Å²) in [4.78, 5) is 25.4. The van der Waals surface area contributed by atoms with Crippen LogP contribution < -0.4 is 4.90 Å². The van der Waals surface area contributed by atoms with Crippen LogP contribution >= 0.6 is 0 Å². The third kappa shape index (κ3) is 4.27. The summed E-state index contributed by atoms with van der Waals surface area (Å²) in [5.74, 6) is 1.24. The first-order valence-corrected chi connectivity index (χ1v) is 9.68. The minimum Gasteiger partial charge on any atom is -0.447 e. The van der Waals surface area contributed by atoms with Gasteiger partial charge in [0.05, 0.1) is 24.1 Å². The highest BCUT2D eigenvalue weighted by atomic mass is 16.6. The molecule has 0 saturated carbocycles. The number of likely N-dealkylation sites (tertiary alicyclic amines) is 1. The highest BCUT2D eigenvalue weighted by molar-refractivity contribution is 5.88. The second-order valence-electron chi connectivity index (χ2n) is 7.61. The van der Waals surface area contributed by atoms with E-state index in [9.17, 15) is 4.79 Å². The van der Waals surface area contributed by atoms with Crippen molar-refractivity contribution in [1.82, 2.24) is 14.9 Å². The summed E-state index contributed by atoms with van der Waals surface area (Å²) in [5, 5.41) is 0.